The van der Waals surface area contributed by atoms with E-state index in [4.69, 9.17) is 16.7 Å². The second-order valence-corrected chi connectivity index (χ2v) is 5.39. The lowest BCUT2D eigenvalue weighted by atomic mass is 9.98. The first-order valence-corrected chi connectivity index (χ1v) is 7.21. The van der Waals surface area contributed by atoms with Crippen LogP contribution in [-0.2, 0) is 0 Å². The van der Waals surface area contributed by atoms with Crippen molar-refractivity contribution in [3.63, 3.8) is 0 Å². The van der Waals surface area contributed by atoms with Gasteiger partial charge in [-0.25, -0.2) is 8.78 Å². The highest BCUT2D eigenvalue weighted by molar-refractivity contribution is 6.30. The van der Waals surface area contributed by atoms with Crippen molar-refractivity contribution in [1.82, 2.24) is 10.2 Å². The highest BCUT2D eigenvalue weighted by atomic mass is 35.5. The number of rotatable bonds is 5. The maximum absolute atomic E-state index is 14.1. The van der Waals surface area contributed by atoms with E-state index < -0.39 is 11.6 Å². The van der Waals surface area contributed by atoms with Gasteiger partial charge < -0.3 is 10.4 Å². The summed E-state index contributed by atoms with van der Waals surface area (Å²) in [6.45, 7) is 3.08. The minimum absolute atomic E-state index is 0. The van der Waals surface area contributed by atoms with Crippen molar-refractivity contribution < 1.29 is 13.9 Å². The molecule has 1 heterocycles. The third-order valence-corrected chi connectivity index (χ3v) is 3.82. The van der Waals surface area contributed by atoms with Crippen molar-refractivity contribution in [2.75, 3.05) is 32.8 Å². The second kappa shape index (κ2) is 8.86. The van der Waals surface area contributed by atoms with Gasteiger partial charge in [0.25, 0.3) is 0 Å². The molecule has 1 saturated heterocycles. The zero-order chi connectivity index (χ0) is 14.5. The molecule has 0 radical (unpaired) electrons. The van der Waals surface area contributed by atoms with E-state index in [1.807, 2.05) is 0 Å². The van der Waals surface area contributed by atoms with E-state index in [0.717, 1.165) is 38.3 Å². The number of aliphatic hydroxyl groups is 1. The Morgan fingerprint density at radius 1 is 1.24 bits per heavy atom. The molecule has 1 aromatic carbocycles. The molecule has 2 rings (SSSR count). The monoisotopic (exact) mass is 340 g/mol. The summed E-state index contributed by atoms with van der Waals surface area (Å²) in [5.74, 6) is -1.23. The lowest BCUT2D eigenvalue weighted by Crippen LogP contribution is -2.45. The summed E-state index contributed by atoms with van der Waals surface area (Å²) in [4.78, 5) is 2.06. The molecule has 1 fully saturated rings. The predicted molar refractivity (Wildman–Crippen MR) is 82.1 cm³/mol. The van der Waals surface area contributed by atoms with E-state index in [9.17, 15) is 8.78 Å². The van der Waals surface area contributed by atoms with Gasteiger partial charge in [-0.05, 0) is 25.0 Å². The average Bonchev–Trinajstić information content (AvgIpc) is 2.42. The zero-order valence-electron chi connectivity index (χ0n) is 11.6. The number of benzene rings is 1. The average molecular weight is 341 g/mol. The van der Waals surface area contributed by atoms with E-state index >= 15 is 0 Å². The molecule has 0 aromatic heterocycles. The van der Waals surface area contributed by atoms with Gasteiger partial charge in [-0.15, -0.1) is 12.4 Å². The van der Waals surface area contributed by atoms with Crippen LogP contribution in [-0.4, -0.2) is 42.8 Å². The van der Waals surface area contributed by atoms with E-state index in [0.29, 0.717) is 12.8 Å². The number of nitrogens with zero attached hydrogens (tertiary/aromatic N) is 1. The highest BCUT2D eigenvalue weighted by Gasteiger charge is 2.27. The summed E-state index contributed by atoms with van der Waals surface area (Å²) < 4.78 is 28.2. The summed E-state index contributed by atoms with van der Waals surface area (Å²) in [7, 11) is 0. The number of halogens is 4. The van der Waals surface area contributed by atoms with Crippen LogP contribution in [0.5, 0.6) is 0 Å². The lowest BCUT2D eigenvalue weighted by molar-refractivity contribution is 0.148. The summed E-state index contributed by atoms with van der Waals surface area (Å²) >= 11 is 5.67. The topological polar surface area (TPSA) is 35.5 Å². The zero-order valence-corrected chi connectivity index (χ0v) is 13.2. The number of piperazine rings is 1. The number of hydrogen-bond acceptors (Lipinski definition) is 3. The van der Waals surface area contributed by atoms with Gasteiger partial charge in [-0.1, -0.05) is 11.6 Å². The standard InChI is InChI=1S/C14H19ClF2N2O.ClH/c15-10-8-11(16)14(12(17)9-10)13(2-1-7-20)19-5-3-18-4-6-19;/h8-9,13,18,20H,1-7H2;1H/t13-;/m1./s1. The van der Waals surface area contributed by atoms with Crippen LogP contribution >= 0.6 is 24.0 Å². The summed E-state index contributed by atoms with van der Waals surface area (Å²) in [6.07, 6.45) is 1.03. The van der Waals surface area contributed by atoms with Gasteiger partial charge in [-0.2, -0.15) is 0 Å². The van der Waals surface area contributed by atoms with Gasteiger partial charge in [0.2, 0.25) is 0 Å². The third kappa shape index (κ3) is 4.76. The molecule has 2 N–H and O–H groups in total. The van der Waals surface area contributed by atoms with Gasteiger partial charge in [0.1, 0.15) is 11.6 Å². The van der Waals surface area contributed by atoms with Crippen LogP contribution in [0.25, 0.3) is 0 Å². The second-order valence-electron chi connectivity index (χ2n) is 4.95. The van der Waals surface area contributed by atoms with Gasteiger partial charge in [-0.3, -0.25) is 4.90 Å². The Kier molecular flexibility index (Phi) is 7.84. The molecule has 0 bridgehead atoms. The Morgan fingerprint density at radius 3 is 2.33 bits per heavy atom. The third-order valence-electron chi connectivity index (χ3n) is 3.61. The van der Waals surface area contributed by atoms with Crippen molar-refractivity contribution in [3.8, 4) is 0 Å². The molecule has 3 nitrogen and oxygen atoms in total. The molecule has 120 valence electrons. The molecule has 1 aromatic rings. The first-order valence-electron chi connectivity index (χ1n) is 6.83. The minimum atomic E-state index is -0.614. The number of nitrogens with one attached hydrogen (secondary N) is 1. The molecule has 1 aliphatic rings. The fourth-order valence-electron chi connectivity index (χ4n) is 2.66. The van der Waals surface area contributed by atoms with Crippen molar-refractivity contribution in [2.24, 2.45) is 0 Å². The molecular formula is C14H20Cl2F2N2O. The Bertz CT molecular complexity index is 434. The van der Waals surface area contributed by atoms with Crippen LogP contribution in [0.2, 0.25) is 5.02 Å². The Balaban J connectivity index is 0.00000220. The first-order chi connectivity index (χ1) is 9.63. The van der Waals surface area contributed by atoms with Crippen LogP contribution in [0.4, 0.5) is 8.78 Å². The Hall–Kier alpha value is -0.460. The molecule has 7 heteroatoms. The van der Waals surface area contributed by atoms with Gasteiger partial charge in [0, 0.05) is 49.4 Å². The SMILES string of the molecule is Cl.OCCC[C@H](c1c(F)cc(Cl)cc1F)N1CCNCC1. The van der Waals surface area contributed by atoms with Gasteiger partial charge in [0.05, 0.1) is 0 Å². The van der Waals surface area contributed by atoms with E-state index in [1.165, 1.54) is 0 Å². The molecule has 0 saturated carbocycles. The minimum Gasteiger partial charge on any atom is -0.396 e. The van der Waals surface area contributed by atoms with E-state index in [2.05, 4.69) is 10.2 Å². The molecular weight excluding hydrogens is 321 g/mol. The van der Waals surface area contributed by atoms with Crippen LogP contribution in [0, 0.1) is 11.6 Å². The van der Waals surface area contributed by atoms with Crippen LogP contribution < -0.4 is 5.32 Å². The van der Waals surface area contributed by atoms with Crippen molar-refractivity contribution in [1.29, 1.82) is 0 Å². The molecule has 1 aliphatic heterocycles. The summed E-state index contributed by atoms with van der Waals surface area (Å²) in [5.41, 5.74) is 0.0600. The summed E-state index contributed by atoms with van der Waals surface area (Å²) in [6, 6.07) is 1.93. The maximum Gasteiger partial charge on any atom is 0.132 e. The fourth-order valence-corrected chi connectivity index (χ4v) is 2.85. The van der Waals surface area contributed by atoms with Crippen LogP contribution in [0.3, 0.4) is 0 Å². The van der Waals surface area contributed by atoms with E-state index in [-0.39, 0.29) is 35.6 Å². The quantitative estimate of drug-likeness (QED) is 0.865. The fraction of sp³-hybridized carbons (Fsp3) is 0.571. The Labute approximate surface area is 134 Å². The lowest BCUT2D eigenvalue weighted by Gasteiger charge is -2.35. The van der Waals surface area contributed by atoms with Crippen LogP contribution in [0.15, 0.2) is 12.1 Å². The smallest absolute Gasteiger partial charge is 0.132 e. The molecule has 21 heavy (non-hydrogen) atoms. The predicted octanol–water partition coefficient (Wildman–Crippen LogP) is 2.76. The highest BCUT2D eigenvalue weighted by Crippen LogP contribution is 2.32. The van der Waals surface area contributed by atoms with Gasteiger partial charge >= 0.3 is 0 Å². The van der Waals surface area contributed by atoms with Crippen LogP contribution in [0.1, 0.15) is 24.4 Å². The first kappa shape index (κ1) is 18.6. The maximum atomic E-state index is 14.1. The van der Waals surface area contributed by atoms with E-state index in [1.54, 1.807) is 0 Å². The molecule has 0 amide bonds. The van der Waals surface area contributed by atoms with Crippen molar-refractivity contribution >= 4 is 24.0 Å². The largest absolute Gasteiger partial charge is 0.396 e. The molecule has 0 spiro atoms. The molecule has 0 unspecified atom stereocenters. The molecule has 0 aliphatic carbocycles. The van der Waals surface area contributed by atoms with Crippen molar-refractivity contribution in [2.45, 2.75) is 18.9 Å². The van der Waals surface area contributed by atoms with Crippen molar-refractivity contribution in [3.05, 3.63) is 34.4 Å². The number of hydrogen-bond donors (Lipinski definition) is 2. The van der Waals surface area contributed by atoms with Gasteiger partial charge in [0.15, 0.2) is 0 Å². The Morgan fingerprint density at radius 2 is 1.81 bits per heavy atom. The normalized spacial score (nSPS) is 17.3. The number of aliphatic hydroxyl groups excluding tert-OH is 1. The molecule has 1 atom stereocenters. The summed E-state index contributed by atoms with van der Waals surface area (Å²) in [5, 5.41) is 12.3.